The van der Waals surface area contributed by atoms with E-state index in [0.717, 1.165) is 38.4 Å². The van der Waals surface area contributed by atoms with Gasteiger partial charge in [0.25, 0.3) is 0 Å². The van der Waals surface area contributed by atoms with Crippen LogP contribution in [0.5, 0.6) is 0 Å². The molecule has 1 unspecified atom stereocenters. The molecule has 152 valence electrons. The number of carboxylic acids is 1. The Morgan fingerprint density at radius 2 is 1.67 bits per heavy atom. The highest BCUT2D eigenvalue weighted by Gasteiger charge is 2.31. The molecule has 0 bridgehead atoms. The van der Waals surface area contributed by atoms with Crippen LogP contribution in [0.3, 0.4) is 0 Å². The molecule has 30 heavy (non-hydrogen) atoms. The van der Waals surface area contributed by atoms with Gasteiger partial charge in [-0.1, -0.05) is 48.5 Å². The molecule has 0 saturated carbocycles. The maximum atomic E-state index is 12.3. The fraction of sp³-hybridized carbons (Fsp3) is 0.231. The lowest BCUT2D eigenvalue weighted by Gasteiger charge is -2.28. The summed E-state index contributed by atoms with van der Waals surface area (Å²) in [6.07, 6.45) is 0.735. The van der Waals surface area contributed by atoms with Crippen molar-refractivity contribution in [2.75, 3.05) is 0 Å². The molecule has 4 rings (SSSR count). The molecule has 3 aromatic carbocycles. The van der Waals surface area contributed by atoms with Crippen LogP contribution in [0.25, 0.3) is 32.8 Å². The Labute approximate surface area is 176 Å². The van der Waals surface area contributed by atoms with Crippen molar-refractivity contribution in [3.05, 3.63) is 78.0 Å². The van der Waals surface area contributed by atoms with Gasteiger partial charge in [0.1, 0.15) is 0 Å². The number of hydrogen-bond acceptors (Lipinski definition) is 3. The molecule has 1 N–H and O–H groups in total. The highest BCUT2D eigenvalue weighted by molar-refractivity contribution is 6.02. The van der Waals surface area contributed by atoms with Crippen LogP contribution in [0, 0.1) is 6.92 Å². The van der Waals surface area contributed by atoms with Crippen molar-refractivity contribution in [3.8, 4) is 11.1 Å². The molecule has 1 aromatic heterocycles. The summed E-state index contributed by atoms with van der Waals surface area (Å²) in [5, 5.41) is 13.1. The number of aliphatic carboxylic acids is 1. The molecule has 1 heterocycles. The number of carbonyl (C=O) groups is 1. The van der Waals surface area contributed by atoms with Crippen molar-refractivity contribution in [1.82, 2.24) is 4.98 Å². The van der Waals surface area contributed by atoms with Crippen molar-refractivity contribution in [2.24, 2.45) is 0 Å². The second kappa shape index (κ2) is 7.54. The molecule has 0 spiro atoms. The Hall–Kier alpha value is -3.24. The van der Waals surface area contributed by atoms with Gasteiger partial charge in [-0.25, -0.2) is 4.79 Å². The zero-order valence-electron chi connectivity index (χ0n) is 17.6. The molecular formula is C26H25NO3. The zero-order valence-corrected chi connectivity index (χ0v) is 17.6. The fourth-order valence-corrected chi connectivity index (χ4v) is 3.95. The number of fused-ring (bicyclic) bond motifs is 2. The van der Waals surface area contributed by atoms with Gasteiger partial charge >= 0.3 is 5.97 Å². The maximum absolute atomic E-state index is 12.3. The van der Waals surface area contributed by atoms with Crippen LogP contribution < -0.4 is 0 Å². The summed E-state index contributed by atoms with van der Waals surface area (Å²) < 4.78 is 6.04. The van der Waals surface area contributed by atoms with E-state index in [9.17, 15) is 9.90 Å². The number of aryl methyl sites for hydroxylation is 1. The molecule has 0 saturated heterocycles. The highest BCUT2D eigenvalue weighted by atomic mass is 16.5. The van der Waals surface area contributed by atoms with E-state index >= 15 is 0 Å². The third-order valence-corrected chi connectivity index (χ3v) is 5.13. The van der Waals surface area contributed by atoms with Crippen LogP contribution in [-0.2, 0) is 9.53 Å². The first-order valence-corrected chi connectivity index (χ1v) is 10.0. The van der Waals surface area contributed by atoms with Gasteiger partial charge in [0.2, 0.25) is 0 Å². The minimum Gasteiger partial charge on any atom is -0.479 e. The first-order chi connectivity index (χ1) is 14.2. The number of rotatable bonds is 4. The van der Waals surface area contributed by atoms with Crippen LogP contribution in [0.15, 0.2) is 66.9 Å². The van der Waals surface area contributed by atoms with Crippen LogP contribution >= 0.6 is 0 Å². The second-order valence-electron chi connectivity index (χ2n) is 8.57. The van der Waals surface area contributed by atoms with Crippen molar-refractivity contribution >= 4 is 27.6 Å². The highest BCUT2D eigenvalue weighted by Crippen LogP contribution is 2.40. The second-order valence-corrected chi connectivity index (χ2v) is 8.57. The van der Waals surface area contributed by atoms with Gasteiger partial charge in [-0.2, -0.15) is 0 Å². The lowest BCUT2D eigenvalue weighted by Crippen LogP contribution is -2.28. The van der Waals surface area contributed by atoms with Crippen molar-refractivity contribution in [2.45, 2.75) is 39.4 Å². The zero-order chi connectivity index (χ0) is 21.5. The van der Waals surface area contributed by atoms with E-state index in [4.69, 9.17) is 4.74 Å². The van der Waals surface area contributed by atoms with E-state index < -0.39 is 17.7 Å². The molecular weight excluding hydrogens is 374 g/mol. The lowest BCUT2D eigenvalue weighted by molar-refractivity contribution is -0.160. The monoisotopic (exact) mass is 399 g/mol. The van der Waals surface area contributed by atoms with Gasteiger partial charge in [0, 0.05) is 22.7 Å². The maximum Gasteiger partial charge on any atom is 0.337 e. The normalized spacial score (nSPS) is 12.9. The third-order valence-electron chi connectivity index (χ3n) is 5.13. The summed E-state index contributed by atoms with van der Waals surface area (Å²) in [6, 6.07) is 20.1. The van der Waals surface area contributed by atoms with Crippen molar-refractivity contribution in [1.29, 1.82) is 0 Å². The standard InChI is InChI=1S/C26H25NO3/c1-16-13-17-9-5-7-11-20(17)23(22(16)24(25(28)29)30-26(2,3)4)19-14-18-10-6-8-12-21(18)27-15-19/h5-15,24H,1-4H3,(H,28,29). The number of nitrogens with zero attached hydrogens (tertiary/aromatic N) is 1. The topological polar surface area (TPSA) is 59.4 Å². The van der Waals surface area contributed by atoms with Gasteiger partial charge in [-0.15, -0.1) is 0 Å². The Balaban J connectivity index is 2.07. The molecule has 0 aliphatic heterocycles. The van der Waals surface area contributed by atoms with E-state index in [1.165, 1.54) is 0 Å². The first kappa shape index (κ1) is 20.0. The van der Waals surface area contributed by atoms with Gasteiger partial charge in [-0.05, 0) is 61.7 Å². The van der Waals surface area contributed by atoms with E-state index in [1.54, 1.807) is 0 Å². The number of para-hydroxylation sites is 1. The van der Waals surface area contributed by atoms with E-state index in [1.807, 2.05) is 88.5 Å². The van der Waals surface area contributed by atoms with Gasteiger partial charge < -0.3 is 9.84 Å². The van der Waals surface area contributed by atoms with Crippen LogP contribution in [-0.4, -0.2) is 21.7 Å². The number of carboxylic acid groups (broad SMARTS) is 1. The average molecular weight is 399 g/mol. The molecule has 0 aliphatic rings. The summed E-state index contributed by atoms with van der Waals surface area (Å²) >= 11 is 0. The Morgan fingerprint density at radius 1 is 1.00 bits per heavy atom. The van der Waals surface area contributed by atoms with E-state index in [0.29, 0.717) is 5.56 Å². The van der Waals surface area contributed by atoms with Gasteiger partial charge in [-0.3, -0.25) is 4.98 Å². The SMILES string of the molecule is Cc1cc2ccccc2c(-c2cnc3ccccc3c2)c1C(OC(C)(C)C)C(=O)O. The molecule has 4 nitrogen and oxygen atoms in total. The number of ether oxygens (including phenoxy) is 1. The number of benzene rings is 3. The molecule has 4 aromatic rings. The van der Waals surface area contributed by atoms with Crippen LogP contribution in [0.1, 0.15) is 38.0 Å². The smallest absolute Gasteiger partial charge is 0.337 e. The number of pyridine rings is 1. The summed E-state index contributed by atoms with van der Waals surface area (Å²) in [6.45, 7) is 7.56. The third kappa shape index (κ3) is 3.79. The quantitative estimate of drug-likeness (QED) is 0.437. The predicted molar refractivity (Wildman–Crippen MR) is 121 cm³/mol. The lowest BCUT2D eigenvalue weighted by atomic mass is 9.87. The first-order valence-electron chi connectivity index (χ1n) is 10.0. The van der Waals surface area contributed by atoms with Crippen molar-refractivity contribution < 1.29 is 14.6 Å². The average Bonchev–Trinajstić information content (AvgIpc) is 2.70. The molecule has 0 radical (unpaired) electrons. The Kier molecular flexibility index (Phi) is 5.04. The van der Waals surface area contributed by atoms with Gasteiger partial charge in [0.05, 0.1) is 11.1 Å². The van der Waals surface area contributed by atoms with Crippen LogP contribution in [0.2, 0.25) is 0 Å². The van der Waals surface area contributed by atoms with E-state index in [2.05, 4.69) is 11.1 Å². The molecule has 0 fully saturated rings. The van der Waals surface area contributed by atoms with E-state index in [-0.39, 0.29) is 0 Å². The Morgan fingerprint density at radius 3 is 2.37 bits per heavy atom. The minimum atomic E-state index is -1.09. The molecule has 1 atom stereocenters. The largest absolute Gasteiger partial charge is 0.479 e. The molecule has 0 amide bonds. The summed E-state index contributed by atoms with van der Waals surface area (Å²) in [5.74, 6) is -1.00. The minimum absolute atomic E-state index is 0.611. The summed E-state index contributed by atoms with van der Waals surface area (Å²) in [4.78, 5) is 16.9. The predicted octanol–water partition coefficient (Wildman–Crippen LogP) is 6.30. The summed E-state index contributed by atoms with van der Waals surface area (Å²) in [7, 11) is 0. The molecule has 0 aliphatic carbocycles. The number of hydrogen-bond donors (Lipinski definition) is 1. The van der Waals surface area contributed by atoms with Crippen molar-refractivity contribution in [3.63, 3.8) is 0 Å². The van der Waals surface area contributed by atoms with Gasteiger partial charge in [0.15, 0.2) is 6.10 Å². The van der Waals surface area contributed by atoms with Crippen LogP contribution in [0.4, 0.5) is 0 Å². The summed E-state index contributed by atoms with van der Waals surface area (Å²) in [5.41, 5.74) is 3.59. The molecule has 4 heteroatoms. The Bertz CT molecular complexity index is 1250. The number of aromatic nitrogens is 1. The fourth-order valence-electron chi connectivity index (χ4n) is 3.95.